The Morgan fingerprint density at radius 3 is 2.64 bits per heavy atom. The molecule has 0 spiro atoms. The number of rotatable bonds is 5. The summed E-state index contributed by atoms with van der Waals surface area (Å²) in [5, 5.41) is 6.64. The zero-order valence-electron chi connectivity index (χ0n) is 14.4. The molecule has 3 aromatic rings. The van der Waals surface area contributed by atoms with Crippen molar-refractivity contribution in [2.75, 3.05) is 19.0 Å². The Kier molecular flexibility index (Phi) is 4.74. The smallest absolute Gasteiger partial charge is 0.273 e. The largest absolute Gasteiger partial charge is 0.355 e. The number of carbonyl (C=O) groups is 1. The summed E-state index contributed by atoms with van der Waals surface area (Å²) in [6.45, 7) is 2.18. The van der Waals surface area contributed by atoms with Gasteiger partial charge in [0.25, 0.3) is 5.91 Å². The van der Waals surface area contributed by atoms with Crippen LogP contribution in [-0.2, 0) is 6.54 Å². The fraction of sp³-hybridized carbons (Fsp3) is 0.222. The first-order valence-corrected chi connectivity index (χ1v) is 7.85. The molecule has 25 heavy (non-hydrogen) atoms. The van der Waals surface area contributed by atoms with Gasteiger partial charge < -0.3 is 14.7 Å². The van der Waals surface area contributed by atoms with Crippen molar-refractivity contribution < 1.29 is 9.32 Å². The second kappa shape index (κ2) is 7.12. The summed E-state index contributed by atoms with van der Waals surface area (Å²) < 4.78 is 5.25. The summed E-state index contributed by atoms with van der Waals surface area (Å²) in [5.74, 6) is 0.851. The molecule has 0 aliphatic rings. The van der Waals surface area contributed by atoms with Crippen LogP contribution in [0.2, 0.25) is 0 Å². The molecule has 7 nitrogen and oxygen atoms in total. The van der Waals surface area contributed by atoms with Crippen LogP contribution in [0.5, 0.6) is 0 Å². The molecule has 1 N–H and O–H groups in total. The minimum atomic E-state index is -0.311. The molecule has 128 valence electrons. The van der Waals surface area contributed by atoms with Gasteiger partial charge in [0.2, 0.25) is 5.95 Å². The molecule has 1 amide bonds. The first-order chi connectivity index (χ1) is 12.0. The molecule has 1 aromatic carbocycles. The Morgan fingerprint density at radius 1 is 1.16 bits per heavy atom. The van der Waals surface area contributed by atoms with Gasteiger partial charge in [-0.3, -0.25) is 4.79 Å². The minimum absolute atomic E-state index is 0.234. The second-order valence-corrected chi connectivity index (χ2v) is 5.82. The molecule has 0 atom stereocenters. The van der Waals surface area contributed by atoms with Gasteiger partial charge in [-0.2, -0.15) is 0 Å². The molecule has 0 aliphatic heterocycles. The molecular formula is C18H19N5O2. The molecule has 2 heterocycles. The van der Waals surface area contributed by atoms with E-state index in [1.54, 1.807) is 6.07 Å². The number of nitrogens with zero attached hydrogens (tertiary/aromatic N) is 4. The van der Waals surface area contributed by atoms with Gasteiger partial charge in [-0.05, 0) is 13.0 Å². The topological polar surface area (TPSA) is 84.2 Å². The third-order valence-electron chi connectivity index (χ3n) is 3.53. The van der Waals surface area contributed by atoms with Crippen molar-refractivity contribution in [2.24, 2.45) is 0 Å². The number of amides is 1. The average molecular weight is 337 g/mol. The van der Waals surface area contributed by atoms with Gasteiger partial charge in [0, 0.05) is 31.4 Å². The van der Waals surface area contributed by atoms with Crippen molar-refractivity contribution in [3.63, 3.8) is 0 Å². The lowest BCUT2D eigenvalue weighted by Gasteiger charge is -2.12. The van der Waals surface area contributed by atoms with E-state index in [1.165, 1.54) is 0 Å². The van der Waals surface area contributed by atoms with Crippen LogP contribution in [0.1, 0.15) is 21.9 Å². The maximum Gasteiger partial charge on any atom is 0.273 e. The van der Waals surface area contributed by atoms with Gasteiger partial charge in [0.05, 0.1) is 12.2 Å². The van der Waals surface area contributed by atoms with Crippen molar-refractivity contribution in [1.82, 2.24) is 20.4 Å². The van der Waals surface area contributed by atoms with Crippen molar-refractivity contribution in [2.45, 2.75) is 13.5 Å². The fourth-order valence-corrected chi connectivity index (χ4v) is 2.29. The summed E-state index contributed by atoms with van der Waals surface area (Å²) in [4.78, 5) is 22.8. The monoisotopic (exact) mass is 337 g/mol. The van der Waals surface area contributed by atoms with E-state index in [9.17, 15) is 4.79 Å². The van der Waals surface area contributed by atoms with Crippen LogP contribution < -0.4 is 10.2 Å². The first-order valence-electron chi connectivity index (χ1n) is 7.85. The highest BCUT2D eigenvalue weighted by Crippen LogP contribution is 2.19. The fourth-order valence-electron chi connectivity index (χ4n) is 2.29. The normalized spacial score (nSPS) is 10.5. The molecule has 7 heteroatoms. The Labute approximate surface area is 145 Å². The summed E-state index contributed by atoms with van der Waals surface area (Å²) in [6, 6.07) is 13.0. The van der Waals surface area contributed by atoms with Crippen LogP contribution >= 0.6 is 0 Å². The van der Waals surface area contributed by atoms with Crippen molar-refractivity contribution >= 4 is 11.9 Å². The number of aryl methyl sites for hydroxylation is 1. The minimum Gasteiger partial charge on any atom is -0.355 e. The zero-order valence-corrected chi connectivity index (χ0v) is 14.4. The Hall–Kier alpha value is -3.22. The van der Waals surface area contributed by atoms with E-state index in [-0.39, 0.29) is 18.1 Å². The van der Waals surface area contributed by atoms with Crippen LogP contribution in [0, 0.1) is 6.92 Å². The molecular weight excluding hydrogens is 318 g/mol. The molecule has 0 saturated carbocycles. The molecule has 0 saturated heterocycles. The molecule has 3 rings (SSSR count). The van der Waals surface area contributed by atoms with E-state index in [4.69, 9.17) is 4.52 Å². The van der Waals surface area contributed by atoms with Gasteiger partial charge in [-0.25, -0.2) is 9.97 Å². The standard InChI is InChI=1S/C18H19N5O2/c1-12-9-14(21-18(20-12)23(2)3)11-19-17(24)15-10-16(25-22-15)13-7-5-4-6-8-13/h4-10H,11H2,1-3H3,(H,19,24). The molecule has 0 unspecified atom stereocenters. The number of anilines is 1. The Morgan fingerprint density at radius 2 is 1.92 bits per heavy atom. The Bertz CT molecular complexity index is 874. The number of hydrogen-bond donors (Lipinski definition) is 1. The zero-order chi connectivity index (χ0) is 17.8. The van der Waals surface area contributed by atoms with Crippen molar-refractivity contribution in [3.05, 3.63) is 59.5 Å². The van der Waals surface area contributed by atoms with E-state index < -0.39 is 0 Å². The van der Waals surface area contributed by atoms with Crippen LogP contribution in [0.25, 0.3) is 11.3 Å². The van der Waals surface area contributed by atoms with Crippen LogP contribution in [-0.4, -0.2) is 35.1 Å². The number of benzene rings is 1. The maximum absolute atomic E-state index is 12.3. The first kappa shape index (κ1) is 16.6. The predicted octanol–water partition coefficient (Wildman–Crippen LogP) is 2.44. The summed E-state index contributed by atoms with van der Waals surface area (Å²) in [7, 11) is 3.75. The van der Waals surface area contributed by atoms with E-state index in [1.807, 2.05) is 62.3 Å². The van der Waals surface area contributed by atoms with E-state index in [0.717, 1.165) is 17.0 Å². The lowest BCUT2D eigenvalue weighted by atomic mass is 10.1. The van der Waals surface area contributed by atoms with Gasteiger partial charge in [0.1, 0.15) is 0 Å². The molecule has 0 fully saturated rings. The van der Waals surface area contributed by atoms with Gasteiger partial charge in [-0.15, -0.1) is 0 Å². The predicted molar refractivity (Wildman–Crippen MR) is 94.2 cm³/mol. The highest BCUT2D eigenvalue weighted by atomic mass is 16.5. The Balaban J connectivity index is 1.68. The molecule has 0 radical (unpaired) electrons. The molecule has 0 aliphatic carbocycles. The number of carbonyl (C=O) groups excluding carboxylic acids is 1. The van der Waals surface area contributed by atoms with Crippen LogP contribution in [0.4, 0.5) is 5.95 Å². The third kappa shape index (κ3) is 4.00. The number of aromatic nitrogens is 3. The molecule has 2 aromatic heterocycles. The number of nitrogens with one attached hydrogen (secondary N) is 1. The van der Waals surface area contributed by atoms with Gasteiger partial charge in [0.15, 0.2) is 11.5 Å². The van der Waals surface area contributed by atoms with Crippen molar-refractivity contribution in [1.29, 1.82) is 0 Å². The average Bonchev–Trinajstić information content (AvgIpc) is 3.10. The third-order valence-corrected chi connectivity index (χ3v) is 3.53. The quantitative estimate of drug-likeness (QED) is 0.770. The summed E-state index contributed by atoms with van der Waals surface area (Å²) in [6.07, 6.45) is 0. The highest BCUT2D eigenvalue weighted by molar-refractivity contribution is 5.93. The van der Waals surface area contributed by atoms with E-state index >= 15 is 0 Å². The van der Waals surface area contributed by atoms with Crippen molar-refractivity contribution in [3.8, 4) is 11.3 Å². The van der Waals surface area contributed by atoms with Crippen LogP contribution in [0.3, 0.4) is 0 Å². The maximum atomic E-state index is 12.3. The summed E-state index contributed by atoms with van der Waals surface area (Å²) >= 11 is 0. The molecule has 0 bridgehead atoms. The van der Waals surface area contributed by atoms with E-state index in [0.29, 0.717) is 11.7 Å². The van der Waals surface area contributed by atoms with Gasteiger partial charge >= 0.3 is 0 Å². The highest BCUT2D eigenvalue weighted by Gasteiger charge is 2.14. The lowest BCUT2D eigenvalue weighted by Crippen LogP contribution is -2.24. The number of hydrogen-bond acceptors (Lipinski definition) is 6. The van der Waals surface area contributed by atoms with Gasteiger partial charge in [-0.1, -0.05) is 35.5 Å². The second-order valence-electron chi connectivity index (χ2n) is 5.82. The van der Waals surface area contributed by atoms with Crippen LogP contribution in [0.15, 0.2) is 47.0 Å². The van der Waals surface area contributed by atoms with E-state index in [2.05, 4.69) is 20.4 Å². The lowest BCUT2D eigenvalue weighted by molar-refractivity contribution is 0.0941. The SMILES string of the molecule is Cc1cc(CNC(=O)c2cc(-c3ccccc3)on2)nc(N(C)C)n1. The summed E-state index contributed by atoms with van der Waals surface area (Å²) in [5.41, 5.74) is 2.68.